The maximum absolute atomic E-state index is 13.0. The van der Waals surface area contributed by atoms with Gasteiger partial charge in [-0.2, -0.15) is 0 Å². The summed E-state index contributed by atoms with van der Waals surface area (Å²) in [6.07, 6.45) is 1.98. The zero-order valence-electron chi connectivity index (χ0n) is 12.5. The third-order valence-corrected chi connectivity index (χ3v) is 5.43. The molecule has 0 N–H and O–H groups in total. The lowest BCUT2D eigenvalue weighted by Crippen LogP contribution is -2.32. The maximum Gasteiger partial charge on any atom is 0.246 e. The van der Waals surface area contributed by atoms with Gasteiger partial charge in [0.1, 0.15) is 6.17 Å². The first-order valence-corrected chi connectivity index (χ1v) is 8.92. The summed E-state index contributed by atoms with van der Waals surface area (Å²) in [4.78, 5) is 17.2. The van der Waals surface area contributed by atoms with Gasteiger partial charge in [0.05, 0.1) is 6.04 Å². The molecule has 0 unspecified atom stereocenters. The monoisotopic (exact) mass is 390 g/mol. The largest absolute Gasteiger partial charge is 0.291 e. The molecule has 0 radical (unpaired) electrons. The van der Waals surface area contributed by atoms with Gasteiger partial charge in [-0.3, -0.25) is 14.6 Å². The number of nitrogens with zero attached hydrogens (tertiary/aromatic N) is 2. The van der Waals surface area contributed by atoms with Crippen molar-refractivity contribution >= 4 is 39.1 Å². The number of rotatable bonds is 2. The van der Waals surface area contributed by atoms with Crippen LogP contribution in [-0.4, -0.2) is 23.4 Å². The number of carbonyl (C=O) groups is 1. The second-order valence-corrected chi connectivity index (χ2v) is 7.36. The first kappa shape index (κ1) is 15.2. The molecular formula is C18H16BrClN2O. The number of carbonyl (C=O) groups excluding carboxylic acids is 1. The molecule has 0 saturated carbocycles. The van der Waals surface area contributed by atoms with Crippen molar-refractivity contribution in [1.29, 1.82) is 0 Å². The fourth-order valence-corrected chi connectivity index (χ4v) is 4.01. The van der Waals surface area contributed by atoms with E-state index in [4.69, 9.17) is 11.6 Å². The van der Waals surface area contributed by atoms with Crippen molar-refractivity contribution in [3.05, 3.63) is 63.6 Å². The molecule has 23 heavy (non-hydrogen) atoms. The van der Waals surface area contributed by atoms with Gasteiger partial charge in [-0.1, -0.05) is 39.7 Å². The zero-order chi connectivity index (χ0) is 16.0. The molecule has 2 heterocycles. The van der Waals surface area contributed by atoms with E-state index in [-0.39, 0.29) is 18.1 Å². The lowest BCUT2D eigenvalue weighted by Gasteiger charge is -2.29. The summed E-state index contributed by atoms with van der Waals surface area (Å²) in [5, 5.41) is 0.682. The lowest BCUT2D eigenvalue weighted by atomic mass is 10.1. The Kier molecular flexibility index (Phi) is 3.92. The van der Waals surface area contributed by atoms with Gasteiger partial charge in [0.2, 0.25) is 5.91 Å². The van der Waals surface area contributed by atoms with Crippen molar-refractivity contribution in [2.45, 2.75) is 25.0 Å². The van der Waals surface area contributed by atoms with Crippen molar-refractivity contribution in [2.75, 3.05) is 11.4 Å². The van der Waals surface area contributed by atoms with E-state index in [1.165, 1.54) is 0 Å². The molecule has 2 aliphatic heterocycles. The van der Waals surface area contributed by atoms with Gasteiger partial charge in [0.25, 0.3) is 0 Å². The molecule has 0 bridgehead atoms. The van der Waals surface area contributed by atoms with Crippen LogP contribution in [0.25, 0.3) is 0 Å². The van der Waals surface area contributed by atoms with Crippen LogP contribution in [0.15, 0.2) is 53.0 Å². The molecule has 2 saturated heterocycles. The Bertz CT molecular complexity index is 732. The molecule has 4 rings (SSSR count). The van der Waals surface area contributed by atoms with Gasteiger partial charge in [0, 0.05) is 21.7 Å². The Labute approximate surface area is 149 Å². The number of fused-ring (bicyclic) bond motifs is 1. The average Bonchev–Trinajstić information content (AvgIpc) is 3.12. The van der Waals surface area contributed by atoms with Gasteiger partial charge in [0.15, 0.2) is 0 Å². The summed E-state index contributed by atoms with van der Waals surface area (Å²) in [5.41, 5.74) is 2.04. The highest BCUT2D eigenvalue weighted by Gasteiger charge is 2.49. The van der Waals surface area contributed by atoms with Gasteiger partial charge in [-0.25, -0.2) is 0 Å². The van der Waals surface area contributed by atoms with Crippen molar-refractivity contribution in [3.63, 3.8) is 0 Å². The molecule has 2 aromatic carbocycles. The smallest absolute Gasteiger partial charge is 0.246 e. The summed E-state index contributed by atoms with van der Waals surface area (Å²) < 4.78 is 1.04. The molecule has 118 valence electrons. The highest BCUT2D eigenvalue weighted by atomic mass is 79.9. The fraction of sp³-hybridized carbons (Fsp3) is 0.278. The van der Waals surface area contributed by atoms with Crippen LogP contribution in [0.3, 0.4) is 0 Å². The molecule has 2 aliphatic rings. The van der Waals surface area contributed by atoms with Crippen LogP contribution in [0.2, 0.25) is 5.02 Å². The lowest BCUT2D eigenvalue weighted by molar-refractivity contribution is -0.119. The molecule has 0 aliphatic carbocycles. The maximum atomic E-state index is 13.0. The van der Waals surface area contributed by atoms with Crippen LogP contribution in [0.1, 0.15) is 24.6 Å². The van der Waals surface area contributed by atoms with E-state index in [2.05, 4.69) is 33.0 Å². The minimum Gasteiger partial charge on any atom is -0.291 e. The molecule has 0 aromatic heterocycles. The number of benzene rings is 2. The first-order valence-electron chi connectivity index (χ1n) is 7.75. The topological polar surface area (TPSA) is 23.6 Å². The minimum atomic E-state index is -0.0377. The third kappa shape index (κ3) is 2.59. The van der Waals surface area contributed by atoms with E-state index in [0.717, 1.165) is 35.1 Å². The van der Waals surface area contributed by atoms with Gasteiger partial charge in [-0.15, -0.1) is 0 Å². The molecule has 5 heteroatoms. The highest BCUT2D eigenvalue weighted by molar-refractivity contribution is 9.10. The van der Waals surface area contributed by atoms with Gasteiger partial charge >= 0.3 is 0 Å². The fourth-order valence-electron chi connectivity index (χ4n) is 3.62. The Morgan fingerprint density at radius 3 is 2.43 bits per heavy atom. The summed E-state index contributed by atoms with van der Waals surface area (Å²) in [6.45, 7) is 0.960. The zero-order valence-corrected chi connectivity index (χ0v) is 14.8. The predicted octanol–water partition coefficient (Wildman–Crippen LogP) is 4.61. The molecule has 0 spiro atoms. The SMILES string of the molecule is O=C1[C@@H]2CCCN2[C@@H](c2ccc(Br)cc2)N1c1ccc(Cl)cc1. The summed E-state index contributed by atoms with van der Waals surface area (Å²) in [7, 11) is 0. The number of anilines is 1. The molecule has 1 amide bonds. The second kappa shape index (κ2) is 5.93. The minimum absolute atomic E-state index is 0.000625. The Balaban J connectivity index is 1.79. The van der Waals surface area contributed by atoms with Crippen LogP contribution >= 0.6 is 27.5 Å². The summed E-state index contributed by atoms with van der Waals surface area (Å²) in [6, 6.07) is 15.8. The van der Waals surface area contributed by atoms with Gasteiger partial charge < -0.3 is 0 Å². The Morgan fingerprint density at radius 2 is 1.74 bits per heavy atom. The molecule has 3 nitrogen and oxygen atoms in total. The van der Waals surface area contributed by atoms with Crippen molar-refractivity contribution in [1.82, 2.24) is 4.90 Å². The number of hydrogen-bond donors (Lipinski definition) is 0. The predicted molar refractivity (Wildman–Crippen MR) is 95.5 cm³/mol. The normalized spacial score (nSPS) is 24.3. The quantitative estimate of drug-likeness (QED) is 0.746. The molecule has 2 fully saturated rings. The van der Waals surface area contributed by atoms with Crippen LogP contribution in [0, 0.1) is 0 Å². The first-order chi connectivity index (χ1) is 11.1. The van der Waals surface area contributed by atoms with Crippen molar-refractivity contribution in [3.8, 4) is 0 Å². The standard InChI is InChI=1S/C18H16BrClN2O/c19-13-5-3-12(4-6-13)17-21-11-1-2-16(21)18(23)22(17)15-9-7-14(20)8-10-15/h3-10,16-17H,1-2,11H2/t16-,17+/m0/s1. The van der Waals surface area contributed by atoms with E-state index in [0.29, 0.717) is 5.02 Å². The number of hydrogen-bond acceptors (Lipinski definition) is 2. The highest BCUT2D eigenvalue weighted by Crippen LogP contribution is 2.42. The van der Waals surface area contributed by atoms with Crippen LogP contribution in [-0.2, 0) is 4.79 Å². The molecular weight excluding hydrogens is 376 g/mol. The van der Waals surface area contributed by atoms with Crippen LogP contribution in [0.4, 0.5) is 5.69 Å². The molecule has 2 atom stereocenters. The average molecular weight is 392 g/mol. The van der Waals surface area contributed by atoms with Gasteiger partial charge in [-0.05, 0) is 54.8 Å². The van der Waals surface area contributed by atoms with Crippen molar-refractivity contribution in [2.24, 2.45) is 0 Å². The van der Waals surface area contributed by atoms with E-state index in [1.807, 2.05) is 41.3 Å². The number of amides is 1. The third-order valence-electron chi connectivity index (χ3n) is 4.65. The second-order valence-electron chi connectivity index (χ2n) is 6.01. The van der Waals surface area contributed by atoms with Crippen LogP contribution in [0.5, 0.6) is 0 Å². The van der Waals surface area contributed by atoms with E-state index >= 15 is 0 Å². The summed E-state index contributed by atoms with van der Waals surface area (Å²) in [5.74, 6) is 0.192. The Morgan fingerprint density at radius 1 is 1.04 bits per heavy atom. The molecule has 2 aromatic rings. The number of halogens is 2. The van der Waals surface area contributed by atoms with E-state index in [1.54, 1.807) is 0 Å². The van der Waals surface area contributed by atoms with Crippen molar-refractivity contribution < 1.29 is 4.79 Å². The van der Waals surface area contributed by atoms with Crippen LogP contribution < -0.4 is 4.90 Å². The van der Waals surface area contributed by atoms with E-state index in [9.17, 15) is 4.79 Å². The Hall–Kier alpha value is -1.36. The summed E-state index contributed by atoms with van der Waals surface area (Å²) >= 11 is 9.48. The van der Waals surface area contributed by atoms with E-state index < -0.39 is 0 Å².